The molecule has 0 aliphatic heterocycles. The zero-order chi connectivity index (χ0) is 21.3. The monoisotopic (exact) mass is 440 g/mol. The van der Waals surface area contributed by atoms with Crippen LogP contribution in [0.2, 0.25) is 5.02 Å². The standard InChI is InChI=1S/C23H25ClN4OS/c1-5-28(4)14-25-19-12-16(3)20(13-15(19)2)29-22-26-21(27-30-22)23(10-11-23)17-6-8-18(24)9-7-17/h6-9,12-14H,5,10-11H2,1-4H3. The van der Waals surface area contributed by atoms with Gasteiger partial charge in [0.25, 0.3) is 5.19 Å². The number of benzene rings is 2. The maximum atomic E-state index is 6.11. The van der Waals surface area contributed by atoms with Crippen LogP contribution < -0.4 is 4.74 Å². The van der Waals surface area contributed by atoms with E-state index >= 15 is 0 Å². The molecule has 4 rings (SSSR count). The predicted molar refractivity (Wildman–Crippen MR) is 124 cm³/mol. The largest absolute Gasteiger partial charge is 0.430 e. The molecule has 1 heterocycles. The van der Waals surface area contributed by atoms with Crippen LogP contribution in [0.4, 0.5) is 5.69 Å². The van der Waals surface area contributed by atoms with Crippen LogP contribution in [0, 0.1) is 13.8 Å². The van der Waals surface area contributed by atoms with E-state index in [4.69, 9.17) is 21.3 Å². The van der Waals surface area contributed by atoms with Crippen LogP contribution in [-0.2, 0) is 5.41 Å². The van der Waals surface area contributed by atoms with Gasteiger partial charge in [0, 0.05) is 30.1 Å². The maximum absolute atomic E-state index is 6.11. The SMILES string of the molecule is CCN(C)C=Nc1cc(C)c(Oc2nc(C3(c4ccc(Cl)cc4)CC3)ns2)cc1C. The number of aliphatic imine (C=N–C) groups is 1. The number of ether oxygens (including phenoxy) is 1. The van der Waals surface area contributed by atoms with Crippen molar-refractivity contribution in [1.29, 1.82) is 0 Å². The van der Waals surface area contributed by atoms with Gasteiger partial charge in [-0.05, 0) is 74.6 Å². The number of nitrogens with zero attached hydrogens (tertiary/aromatic N) is 4. The van der Waals surface area contributed by atoms with Crippen LogP contribution in [0.15, 0.2) is 41.4 Å². The number of halogens is 1. The number of aromatic nitrogens is 2. The third-order valence-electron chi connectivity index (χ3n) is 5.57. The second kappa shape index (κ2) is 8.36. The highest BCUT2D eigenvalue weighted by atomic mass is 35.5. The number of hydrogen-bond donors (Lipinski definition) is 0. The minimum atomic E-state index is -0.0997. The molecular weight excluding hydrogens is 416 g/mol. The molecule has 3 aromatic rings. The molecule has 0 bridgehead atoms. The Hall–Kier alpha value is -2.44. The molecule has 0 radical (unpaired) electrons. The van der Waals surface area contributed by atoms with Gasteiger partial charge in [0.15, 0.2) is 5.82 Å². The maximum Gasteiger partial charge on any atom is 0.298 e. The fraction of sp³-hybridized carbons (Fsp3) is 0.348. The number of rotatable bonds is 7. The van der Waals surface area contributed by atoms with Crippen molar-refractivity contribution in [2.45, 2.75) is 39.0 Å². The Labute approximate surface area is 186 Å². The molecule has 30 heavy (non-hydrogen) atoms. The highest BCUT2D eigenvalue weighted by Crippen LogP contribution is 2.53. The van der Waals surface area contributed by atoms with Crippen molar-refractivity contribution < 1.29 is 4.74 Å². The summed E-state index contributed by atoms with van der Waals surface area (Å²) in [6, 6.07) is 12.0. The molecule has 0 saturated heterocycles. The molecule has 1 saturated carbocycles. The molecular formula is C23H25ClN4OS. The summed E-state index contributed by atoms with van der Waals surface area (Å²) in [5, 5.41) is 1.31. The summed E-state index contributed by atoms with van der Waals surface area (Å²) in [5.41, 5.74) is 4.13. The first kappa shape index (κ1) is 20.8. The first-order chi connectivity index (χ1) is 14.4. The van der Waals surface area contributed by atoms with Crippen molar-refractivity contribution in [3.8, 4) is 10.9 Å². The summed E-state index contributed by atoms with van der Waals surface area (Å²) in [4.78, 5) is 11.3. The van der Waals surface area contributed by atoms with Crippen molar-refractivity contribution in [3.05, 3.63) is 63.9 Å². The smallest absolute Gasteiger partial charge is 0.298 e. The summed E-state index contributed by atoms with van der Waals surface area (Å²) in [6.45, 7) is 7.07. The van der Waals surface area contributed by atoms with E-state index in [-0.39, 0.29) is 5.41 Å². The van der Waals surface area contributed by atoms with E-state index in [9.17, 15) is 0 Å². The lowest BCUT2D eigenvalue weighted by molar-refractivity contribution is 0.472. The van der Waals surface area contributed by atoms with Gasteiger partial charge in [0.1, 0.15) is 5.75 Å². The number of hydrogen-bond acceptors (Lipinski definition) is 5. The first-order valence-corrected chi connectivity index (χ1v) is 11.2. The van der Waals surface area contributed by atoms with E-state index < -0.39 is 0 Å². The summed E-state index contributed by atoms with van der Waals surface area (Å²) in [5.74, 6) is 1.62. The molecule has 2 aromatic carbocycles. The molecule has 0 amide bonds. The Bertz CT molecular complexity index is 1070. The average molecular weight is 441 g/mol. The molecule has 1 aliphatic carbocycles. The van der Waals surface area contributed by atoms with Crippen molar-refractivity contribution >= 4 is 35.2 Å². The van der Waals surface area contributed by atoms with Crippen LogP contribution >= 0.6 is 23.1 Å². The molecule has 1 aliphatic rings. The topological polar surface area (TPSA) is 50.6 Å². The van der Waals surface area contributed by atoms with E-state index in [1.165, 1.54) is 17.1 Å². The number of aryl methyl sites for hydroxylation is 2. The van der Waals surface area contributed by atoms with E-state index in [0.29, 0.717) is 5.19 Å². The van der Waals surface area contributed by atoms with E-state index in [1.54, 1.807) is 0 Å². The molecule has 0 unspecified atom stereocenters. The van der Waals surface area contributed by atoms with Gasteiger partial charge in [-0.25, -0.2) is 4.99 Å². The lowest BCUT2D eigenvalue weighted by Crippen LogP contribution is -2.14. The van der Waals surface area contributed by atoms with E-state index in [2.05, 4.69) is 28.4 Å². The zero-order valence-electron chi connectivity index (χ0n) is 17.6. The van der Waals surface area contributed by atoms with Crippen molar-refractivity contribution in [2.24, 2.45) is 4.99 Å². The van der Waals surface area contributed by atoms with Crippen molar-refractivity contribution in [2.75, 3.05) is 13.6 Å². The van der Waals surface area contributed by atoms with Crippen LogP contribution in [0.5, 0.6) is 10.9 Å². The van der Waals surface area contributed by atoms with Crippen LogP contribution in [-0.4, -0.2) is 34.2 Å². The highest BCUT2D eigenvalue weighted by molar-refractivity contribution is 7.07. The van der Waals surface area contributed by atoms with Gasteiger partial charge >= 0.3 is 0 Å². The quantitative estimate of drug-likeness (QED) is 0.320. The predicted octanol–water partition coefficient (Wildman–Crippen LogP) is 6.29. The van der Waals surface area contributed by atoms with Gasteiger partial charge in [-0.2, -0.15) is 9.36 Å². The van der Waals surface area contributed by atoms with Gasteiger partial charge in [-0.15, -0.1) is 0 Å². The van der Waals surface area contributed by atoms with E-state index in [0.717, 1.165) is 52.8 Å². The Morgan fingerprint density at radius 3 is 2.60 bits per heavy atom. The van der Waals surface area contributed by atoms with E-state index in [1.807, 2.05) is 56.4 Å². The Kier molecular flexibility index (Phi) is 5.80. The minimum Gasteiger partial charge on any atom is -0.430 e. The van der Waals surface area contributed by atoms with Gasteiger partial charge in [-0.3, -0.25) is 0 Å². The van der Waals surface area contributed by atoms with Crippen LogP contribution in [0.25, 0.3) is 0 Å². The van der Waals surface area contributed by atoms with Gasteiger partial charge in [0.05, 0.1) is 17.4 Å². The van der Waals surface area contributed by atoms with Gasteiger partial charge in [-0.1, -0.05) is 23.7 Å². The molecule has 0 spiro atoms. The third-order valence-corrected chi connectivity index (χ3v) is 6.41. The second-order valence-electron chi connectivity index (χ2n) is 7.80. The molecule has 7 heteroatoms. The van der Waals surface area contributed by atoms with Crippen molar-refractivity contribution in [1.82, 2.24) is 14.3 Å². The van der Waals surface area contributed by atoms with Crippen molar-refractivity contribution in [3.63, 3.8) is 0 Å². The summed E-state index contributed by atoms with van der Waals surface area (Å²) < 4.78 is 10.7. The average Bonchev–Trinajstić information content (AvgIpc) is 3.41. The minimum absolute atomic E-state index is 0.0997. The lowest BCUT2D eigenvalue weighted by Gasteiger charge is -2.12. The molecule has 0 N–H and O–H groups in total. The fourth-order valence-corrected chi connectivity index (χ4v) is 4.10. The summed E-state index contributed by atoms with van der Waals surface area (Å²) in [7, 11) is 2.01. The van der Waals surface area contributed by atoms with Crippen LogP contribution in [0.3, 0.4) is 0 Å². The van der Waals surface area contributed by atoms with Crippen LogP contribution in [0.1, 0.15) is 42.3 Å². The molecule has 1 aromatic heterocycles. The summed E-state index contributed by atoms with van der Waals surface area (Å²) >= 11 is 7.34. The molecule has 156 valence electrons. The highest BCUT2D eigenvalue weighted by Gasteiger charge is 2.49. The third kappa shape index (κ3) is 4.20. The summed E-state index contributed by atoms with van der Waals surface area (Å²) in [6.07, 6.45) is 3.94. The Morgan fingerprint density at radius 1 is 1.20 bits per heavy atom. The molecule has 0 atom stereocenters. The first-order valence-electron chi connectivity index (χ1n) is 10.0. The lowest BCUT2D eigenvalue weighted by atomic mass is 9.95. The molecule has 5 nitrogen and oxygen atoms in total. The zero-order valence-corrected chi connectivity index (χ0v) is 19.2. The van der Waals surface area contributed by atoms with Gasteiger partial charge < -0.3 is 9.64 Å². The normalized spacial score (nSPS) is 14.8. The second-order valence-corrected chi connectivity index (χ2v) is 8.95. The molecule has 1 fully saturated rings. The fourth-order valence-electron chi connectivity index (χ4n) is 3.34. The Morgan fingerprint density at radius 2 is 1.93 bits per heavy atom. The Balaban J connectivity index is 1.53. The van der Waals surface area contributed by atoms with Gasteiger partial charge in [0.2, 0.25) is 0 Å².